The third kappa shape index (κ3) is 7.32. The maximum absolute atomic E-state index is 12.5. The van der Waals surface area contributed by atoms with Crippen molar-refractivity contribution in [3.8, 4) is 20.9 Å². The van der Waals surface area contributed by atoms with Gasteiger partial charge in [-0.25, -0.2) is 9.97 Å². The number of rotatable bonds is 6. The van der Waals surface area contributed by atoms with E-state index in [2.05, 4.69) is 62.3 Å². The number of amides is 2. The van der Waals surface area contributed by atoms with Gasteiger partial charge in [0.25, 0.3) is 11.8 Å². The number of halogens is 2. The average molecular weight is 785 g/mol. The third-order valence-corrected chi connectivity index (χ3v) is 12.9. The summed E-state index contributed by atoms with van der Waals surface area (Å²) in [6, 6.07) is 16.6. The molecule has 6 saturated heterocycles. The van der Waals surface area contributed by atoms with Gasteiger partial charge in [-0.15, -0.1) is 22.7 Å². The molecule has 4 aromatic rings. The highest BCUT2D eigenvalue weighted by atomic mass is 79.9. The van der Waals surface area contributed by atoms with Crippen molar-refractivity contribution in [3.63, 3.8) is 0 Å². The van der Waals surface area contributed by atoms with Gasteiger partial charge in [-0.1, -0.05) is 62.2 Å². The van der Waals surface area contributed by atoms with Crippen LogP contribution in [0.25, 0.3) is 20.9 Å². The second kappa shape index (κ2) is 14.3. The lowest BCUT2D eigenvalue weighted by atomic mass is 9.84. The number of fused-ring (bicyclic) bond motifs is 6. The third-order valence-electron chi connectivity index (χ3n) is 9.59. The fourth-order valence-corrected chi connectivity index (χ4v) is 9.74. The largest absolute Gasteiger partial charge is 0.346 e. The molecule has 2 atom stereocenters. The zero-order valence-electron chi connectivity index (χ0n) is 25.3. The highest BCUT2D eigenvalue weighted by Gasteiger charge is 2.36. The van der Waals surface area contributed by atoms with Crippen LogP contribution in [0.2, 0.25) is 0 Å². The molecule has 46 heavy (non-hydrogen) atoms. The summed E-state index contributed by atoms with van der Waals surface area (Å²) in [4.78, 5) is 40.6. The van der Waals surface area contributed by atoms with E-state index in [9.17, 15) is 9.59 Å². The number of carbonyl (C=O) groups excluding carboxylic acids is 2. The Balaban J connectivity index is 0.000000147. The monoisotopic (exact) mass is 782 g/mol. The van der Waals surface area contributed by atoms with Crippen molar-refractivity contribution in [2.45, 2.75) is 37.8 Å². The highest BCUT2D eigenvalue weighted by molar-refractivity contribution is 9.10. The van der Waals surface area contributed by atoms with Crippen LogP contribution in [0.1, 0.15) is 45.3 Å². The van der Waals surface area contributed by atoms with Crippen LogP contribution in [0.15, 0.2) is 69.9 Å². The molecule has 0 aliphatic carbocycles. The topological polar surface area (TPSA) is 90.5 Å². The van der Waals surface area contributed by atoms with Gasteiger partial charge >= 0.3 is 0 Å². The van der Waals surface area contributed by atoms with E-state index in [0.29, 0.717) is 21.9 Å². The summed E-state index contributed by atoms with van der Waals surface area (Å²) in [5.41, 5.74) is 2.16. The molecule has 0 radical (unpaired) electrons. The van der Waals surface area contributed by atoms with Gasteiger partial charge in [0.05, 0.1) is 9.75 Å². The van der Waals surface area contributed by atoms with Crippen LogP contribution < -0.4 is 10.6 Å². The van der Waals surface area contributed by atoms with Crippen LogP contribution in [0.3, 0.4) is 0 Å². The van der Waals surface area contributed by atoms with E-state index < -0.39 is 0 Å². The van der Waals surface area contributed by atoms with Gasteiger partial charge in [-0.2, -0.15) is 0 Å². The van der Waals surface area contributed by atoms with E-state index in [4.69, 9.17) is 0 Å². The Bertz CT molecular complexity index is 1700. The van der Waals surface area contributed by atoms with Gasteiger partial charge in [-0.3, -0.25) is 9.59 Å². The molecule has 8 nitrogen and oxygen atoms in total. The molecule has 240 valence electrons. The lowest BCUT2D eigenvalue weighted by molar-refractivity contribution is 0.0617. The molecular weight excluding hydrogens is 748 g/mol. The molecule has 2 aromatic heterocycles. The Morgan fingerprint density at radius 1 is 0.717 bits per heavy atom. The summed E-state index contributed by atoms with van der Waals surface area (Å²) in [6.07, 6.45) is 8.38. The van der Waals surface area contributed by atoms with Crippen molar-refractivity contribution in [2.24, 2.45) is 11.8 Å². The van der Waals surface area contributed by atoms with E-state index >= 15 is 0 Å². The maximum Gasteiger partial charge on any atom is 0.280 e. The number of benzene rings is 2. The number of hydrogen-bond donors (Lipinski definition) is 2. The van der Waals surface area contributed by atoms with E-state index in [1.54, 1.807) is 12.4 Å². The molecular formula is C34H36Br2N6O2S2. The first kappa shape index (κ1) is 32.1. The molecule has 2 N–H and O–H groups in total. The predicted octanol–water partition coefficient (Wildman–Crippen LogP) is 6.79. The predicted molar refractivity (Wildman–Crippen MR) is 191 cm³/mol. The maximum atomic E-state index is 12.5. The van der Waals surface area contributed by atoms with Crippen molar-refractivity contribution < 1.29 is 9.59 Å². The zero-order valence-corrected chi connectivity index (χ0v) is 30.1. The first-order valence-corrected chi connectivity index (χ1v) is 19.1. The van der Waals surface area contributed by atoms with Crippen LogP contribution in [0.5, 0.6) is 0 Å². The van der Waals surface area contributed by atoms with Crippen molar-refractivity contribution in [3.05, 3.63) is 79.9 Å². The minimum absolute atomic E-state index is 0.0324. The number of aromatic nitrogens is 2. The standard InChI is InChI=1S/2C17H18BrN3OS/c18-13-3-1-2-12(8-13)15-9-19-17(23-15)16(22)20-14-10-21-6-4-11(14)5-7-21;18-13-4-2-1-3-12(13)15-9-19-17(23-15)16(22)20-14-10-21-7-5-11(14)6-8-21/h1-3,8-9,11,14H,4-7,10H2,(H,20,22);1-4,9,11,14H,5-8,10H2,(H,20,22)/t2*14-/m00/s1. The van der Waals surface area contributed by atoms with Crippen molar-refractivity contribution in [2.75, 3.05) is 39.3 Å². The van der Waals surface area contributed by atoms with Crippen molar-refractivity contribution in [1.82, 2.24) is 30.4 Å². The number of carbonyl (C=O) groups is 2. The molecule has 0 spiro atoms. The van der Waals surface area contributed by atoms with E-state index in [-0.39, 0.29) is 23.9 Å². The second-order valence-corrected chi connectivity index (χ2v) is 16.3. The Kier molecular flexibility index (Phi) is 10.00. The van der Waals surface area contributed by atoms with Gasteiger partial charge < -0.3 is 20.4 Å². The molecule has 0 unspecified atom stereocenters. The van der Waals surface area contributed by atoms with Crippen LogP contribution in [0.4, 0.5) is 0 Å². The van der Waals surface area contributed by atoms with E-state index in [1.165, 1.54) is 74.5 Å². The first-order valence-electron chi connectivity index (χ1n) is 15.9. The SMILES string of the molecule is O=C(N[C@H]1CN2CCC1CC2)c1ncc(-c2cccc(Br)c2)s1.O=C(N[C@H]1CN2CCC1CC2)c1ncc(-c2ccccc2Br)s1. The molecule has 6 aliphatic heterocycles. The lowest BCUT2D eigenvalue weighted by Gasteiger charge is -2.44. The number of nitrogens with one attached hydrogen (secondary N) is 2. The van der Waals surface area contributed by atoms with E-state index in [1.807, 2.05) is 48.5 Å². The van der Waals surface area contributed by atoms with Gasteiger partial charge in [0.1, 0.15) is 0 Å². The Labute approximate surface area is 294 Å². The lowest BCUT2D eigenvalue weighted by Crippen LogP contribution is -2.57. The highest BCUT2D eigenvalue weighted by Crippen LogP contribution is 2.33. The summed E-state index contributed by atoms with van der Waals surface area (Å²) in [7, 11) is 0. The number of piperidine rings is 6. The van der Waals surface area contributed by atoms with Crippen molar-refractivity contribution in [1.29, 1.82) is 0 Å². The molecule has 8 heterocycles. The number of hydrogen-bond acceptors (Lipinski definition) is 8. The van der Waals surface area contributed by atoms with Crippen LogP contribution >= 0.6 is 54.5 Å². The first-order chi connectivity index (χ1) is 22.4. The van der Waals surface area contributed by atoms with E-state index in [0.717, 1.165) is 42.9 Å². The molecule has 6 fully saturated rings. The molecule has 6 aliphatic rings. The van der Waals surface area contributed by atoms with Gasteiger partial charge in [0.15, 0.2) is 10.0 Å². The summed E-state index contributed by atoms with van der Waals surface area (Å²) in [5, 5.41) is 7.50. The molecule has 0 saturated carbocycles. The number of thiazole rings is 2. The van der Waals surface area contributed by atoms with Crippen LogP contribution in [-0.4, -0.2) is 82.9 Å². The second-order valence-electron chi connectivity index (χ2n) is 12.5. The molecule has 12 heteroatoms. The molecule has 2 amide bonds. The molecule has 2 aromatic carbocycles. The minimum Gasteiger partial charge on any atom is -0.346 e. The smallest absolute Gasteiger partial charge is 0.280 e. The minimum atomic E-state index is -0.0351. The van der Waals surface area contributed by atoms with Gasteiger partial charge in [0, 0.05) is 52.1 Å². The Morgan fingerprint density at radius 3 is 1.78 bits per heavy atom. The quantitative estimate of drug-likeness (QED) is 0.224. The van der Waals surface area contributed by atoms with Gasteiger partial charge in [0.2, 0.25) is 0 Å². The van der Waals surface area contributed by atoms with Gasteiger partial charge in [-0.05, 0) is 87.5 Å². The summed E-state index contributed by atoms with van der Waals surface area (Å²) >= 11 is 9.94. The van der Waals surface area contributed by atoms with Crippen LogP contribution in [-0.2, 0) is 0 Å². The fraction of sp³-hybridized carbons (Fsp3) is 0.412. The summed E-state index contributed by atoms with van der Waals surface area (Å²) in [6.45, 7) is 6.70. The van der Waals surface area contributed by atoms with Crippen molar-refractivity contribution >= 4 is 66.3 Å². The van der Waals surface area contributed by atoms with Crippen LogP contribution in [0, 0.1) is 11.8 Å². The summed E-state index contributed by atoms with van der Waals surface area (Å²) in [5.74, 6) is 1.20. The Hall–Kier alpha value is -2.48. The number of nitrogens with zero attached hydrogens (tertiary/aromatic N) is 4. The molecule has 4 bridgehead atoms. The zero-order chi connectivity index (χ0) is 31.6. The Morgan fingerprint density at radius 2 is 1.26 bits per heavy atom. The fourth-order valence-electron chi connectivity index (χ4n) is 7.04. The average Bonchev–Trinajstić information content (AvgIpc) is 3.78. The normalized spacial score (nSPS) is 26.2. The summed E-state index contributed by atoms with van der Waals surface area (Å²) < 4.78 is 2.05. The molecule has 10 rings (SSSR count).